The second-order valence-electron chi connectivity index (χ2n) is 7.89. The Hall–Kier alpha value is -3.14. The van der Waals surface area contributed by atoms with Crippen LogP contribution in [0.5, 0.6) is 5.75 Å². The standard InChI is InChI=1S/C22H21F3N4O2S/c1-11(2)21(4,23)13-8-6-7-9-15(13)29-16-17(19(28-29)22(5,24)25)31-10-14-18(16)32-20(27-14)26-12(3)30/h6-9H,1,10H2,2-5H3,(H,26,27,30). The van der Waals surface area contributed by atoms with Crippen LogP contribution in [0.4, 0.5) is 18.3 Å². The number of allylic oxidation sites excluding steroid dienone is 1. The Morgan fingerprint density at radius 2 is 1.94 bits per heavy atom. The van der Waals surface area contributed by atoms with Crippen LogP contribution in [0.3, 0.4) is 0 Å². The third-order valence-corrected chi connectivity index (χ3v) is 6.27. The van der Waals surface area contributed by atoms with Gasteiger partial charge in [-0.1, -0.05) is 36.1 Å². The van der Waals surface area contributed by atoms with Gasteiger partial charge >= 0.3 is 0 Å². The van der Waals surface area contributed by atoms with E-state index in [4.69, 9.17) is 4.74 Å². The van der Waals surface area contributed by atoms with Gasteiger partial charge in [0.25, 0.3) is 5.92 Å². The summed E-state index contributed by atoms with van der Waals surface area (Å²) in [6, 6.07) is 6.51. The molecule has 0 saturated heterocycles. The number of halogens is 3. The van der Waals surface area contributed by atoms with Gasteiger partial charge in [-0.15, -0.1) is 0 Å². The maximum atomic E-state index is 15.6. The lowest BCUT2D eigenvalue weighted by atomic mass is 9.90. The minimum Gasteiger partial charge on any atom is -0.483 e. The topological polar surface area (TPSA) is 69.0 Å². The Labute approximate surface area is 186 Å². The van der Waals surface area contributed by atoms with Crippen LogP contribution in [0, 0.1) is 0 Å². The Morgan fingerprint density at radius 1 is 1.25 bits per heavy atom. The molecule has 32 heavy (non-hydrogen) atoms. The summed E-state index contributed by atoms with van der Waals surface area (Å²) in [5, 5.41) is 7.08. The normalized spacial score (nSPS) is 14.7. The maximum Gasteiger partial charge on any atom is 0.292 e. The van der Waals surface area contributed by atoms with E-state index in [1.54, 1.807) is 31.2 Å². The lowest BCUT2D eigenvalue weighted by Crippen LogP contribution is -2.20. The van der Waals surface area contributed by atoms with Crippen LogP contribution >= 0.6 is 11.3 Å². The number of amides is 1. The average Bonchev–Trinajstić information content (AvgIpc) is 3.27. The first-order valence-electron chi connectivity index (χ1n) is 9.77. The van der Waals surface area contributed by atoms with E-state index in [0.717, 1.165) is 18.3 Å². The van der Waals surface area contributed by atoms with E-state index in [0.29, 0.717) is 15.7 Å². The minimum absolute atomic E-state index is 0.0541. The van der Waals surface area contributed by atoms with E-state index in [2.05, 4.69) is 22.0 Å². The first-order chi connectivity index (χ1) is 14.9. The predicted octanol–water partition coefficient (Wildman–Crippen LogP) is 5.72. The van der Waals surface area contributed by atoms with Crippen molar-refractivity contribution in [1.82, 2.24) is 14.8 Å². The molecule has 0 saturated carbocycles. The molecule has 0 spiro atoms. The summed E-state index contributed by atoms with van der Waals surface area (Å²) in [4.78, 5) is 16.3. The minimum atomic E-state index is -3.31. The molecule has 1 aliphatic rings. The number of hydrogen-bond donors (Lipinski definition) is 1. The van der Waals surface area contributed by atoms with E-state index in [1.165, 1.54) is 18.5 Å². The number of carbonyl (C=O) groups excluding carboxylic acids is 1. The number of para-hydroxylation sites is 1. The fraction of sp³-hybridized carbons (Fsp3) is 0.318. The zero-order valence-corrected chi connectivity index (χ0v) is 18.7. The summed E-state index contributed by atoms with van der Waals surface area (Å²) >= 11 is 1.12. The second-order valence-corrected chi connectivity index (χ2v) is 8.89. The van der Waals surface area contributed by atoms with Crippen LogP contribution in [0.15, 0.2) is 36.4 Å². The highest BCUT2D eigenvalue weighted by Crippen LogP contribution is 2.49. The summed E-state index contributed by atoms with van der Waals surface area (Å²) in [5.74, 6) is -3.71. The molecule has 1 atom stereocenters. The predicted molar refractivity (Wildman–Crippen MR) is 116 cm³/mol. The van der Waals surface area contributed by atoms with Gasteiger partial charge in [0.15, 0.2) is 22.2 Å². The lowest BCUT2D eigenvalue weighted by Gasteiger charge is -2.25. The molecule has 1 aromatic carbocycles. The van der Waals surface area contributed by atoms with Crippen molar-refractivity contribution in [2.45, 2.75) is 45.9 Å². The fourth-order valence-electron chi connectivity index (χ4n) is 3.47. The Balaban J connectivity index is 2.01. The molecule has 1 N–H and O–H groups in total. The third kappa shape index (κ3) is 3.58. The number of nitrogens with zero attached hydrogens (tertiary/aromatic N) is 3. The van der Waals surface area contributed by atoms with Crippen LogP contribution in [0.1, 0.15) is 44.6 Å². The number of ether oxygens (including phenoxy) is 1. The number of hydrogen-bond acceptors (Lipinski definition) is 5. The number of aromatic nitrogens is 3. The highest BCUT2D eigenvalue weighted by molar-refractivity contribution is 7.19. The molecule has 3 aromatic rings. The first kappa shape index (κ1) is 22.1. The van der Waals surface area contributed by atoms with E-state index >= 15 is 4.39 Å². The zero-order valence-electron chi connectivity index (χ0n) is 17.9. The van der Waals surface area contributed by atoms with Crippen molar-refractivity contribution >= 4 is 22.4 Å². The Bertz CT molecular complexity index is 1240. The highest BCUT2D eigenvalue weighted by Gasteiger charge is 2.41. The SMILES string of the molecule is C=C(C)C(C)(F)c1ccccc1-n1nc(C(C)(F)F)c2c1-c1sc(NC(C)=O)nc1CO2. The van der Waals surface area contributed by atoms with Gasteiger partial charge in [0.1, 0.15) is 18.0 Å². The fourth-order valence-corrected chi connectivity index (χ4v) is 4.51. The molecule has 0 aliphatic carbocycles. The lowest BCUT2D eigenvalue weighted by molar-refractivity contribution is -0.114. The molecule has 1 unspecified atom stereocenters. The summed E-state index contributed by atoms with van der Waals surface area (Å²) in [5.41, 5.74) is -1.02. The van der Waals surface area contributed by atoms with Crippen molar-refractivity contribution in [3.63, 3.8) is 0 Å². The van der Waals surface area contributed by atoms with Crippen molar-refractivity contribution in [3.8, 4) is 22.0 Å². The van der Waals surface area contributed by atoms with Gasteiger partial charge in [-0.3, -0.25) is 4.79 Å². The van der Waals surface area contributed by atoms with Crippen LogP contribution in [-0.4, -0.2) is 20.7 Å². The monoisotopic (exact) mass is 462 g/mol. The average molecular weight is 462 g/mol. The van der Waals surface area contributed by atoms with Crippen LogP contribution in [0.2, 0.25) is 0 Å². The number of alkyl halides is 3. The first-order valence-corrected chi connectivity index (χ1v) is 10.6. The summed E-state index contributed by atoms with van der Waals surface area (Å²) in [7, 11) is 0. The molecule has 1 aliphatic heterocycles. The summed E-state index contributed by atoms with van der Waals surface area (Å²) in [6.45, 7) is 8.68. The number of benzene rings is 1. The molecular formula is C22H21F3N4O2S. The van der Waals surface area contributed by atoms with Crippen LogP contribution in [0.25, 0.3) is 16.3 Å². The van der Waals surface area contributed by atoms with Crippen LogP contribution < -0.4 is 10.1 Å². The molecule has 4 rings (SSSR count). The number of thiazole rings is 1. The molecule has 168 valence electrons. The number of fused-ring (bicyclic) bond motifs is 3. The smallest absolute Gasteiger partial charge is 0.292 e. The molecule has 10 heteroatoms. The largest absolute Gasteiger partial charge is 0.483 e. The van der Waals surface area contributed by atoms with Gasteiger partial charge in [0.2, 0.25) is 5.91 Å². The number of nitrogens with one attached hydrogen (secondary N) is 1. The van der Waals surface area contributed by atoms with E-state index in [-0.39, 0.29) is 40.8 Å². The maximum absolute atomic E-state index is 15.6. The molecule has 2 aromatic heterocycles. The third-order valence-electron chi connectivity index (χ3n) is 5.25. The van der Waals surface area contributed by atoms with Gasteiger partial charge in [0.05, 0.1) is 10.6 Å². The number of rotatable bonds is 5. The van der Waals surface area contributed by atoms with Crippen molar-refractivity contribution in [3.05, 3.63) is 53.4 Å². The number of anilines is 1. The van der Waals surface area contributed by atoms with Gasteiger partial charge in [-0.25, -0.2) is 14.1 Å². The van der Waals surface area contributed by atoms with Gasteiger partial charge in [-0.2, -0.15) is 13.9 Å². The molecule has 1 amide bonds. The van der Waals surface area contributed by atoms with E-state index in [1.807, 2.05) is 0 Å². The Morgan fingerprint density at radius 3 is 2.56 bits per heavy atom. The zero-order chi connectivity index (χ0) is 23.4. The second kappa shape index (κ2) is 7.47. The molecular weight excluding hydrogens is 441 g/mol. The summed E-state index contributed by atoms with van der Waals surface area (Å²) in [6.07, 6.45) is 0. The van der Waals surface area contributed by atoms with Crippen molar-refractivity contribution in [2.24, 2.45) is 0 Å². The highest BCUT2D eigenvalue weighted by atomic mass is 32.1. The van der Waals surface area contributed by atoms with Crippen molar-refractivity contribution in [2.75, 3.05) is 5.32 Å². The van der Waals surface area contributed by atoms with Gasteiger partial charge in [0, 0.05) is 19.4 Å². The quantitative estimate of drug-likeness (QED) is 0.493. The van der Waals surface area contributed by atoms with E-state index in [9.17, 15) is 13.6 Å². The van der Waals surface area contributed by atoms with Gasteiger partial charge in [-0.05, 0) is 25.5 Å². The van der Waals surface area contributed by atoms with E-state index < -0.39 is 17.3 Å². The van der Waals surface area contributed by atoms with Gasteiger partial charge < -0.3 is 10.1 Å². The summed E-state index contributed by atoms with van der Waals surface area (Å²) < 4.78 is 51.5. The number of carbonyl (C=O) groups is 1. The molecule has 3 heterocycles. The molecule has 0 radical (unpaired) electrons. The molecule has 0 fully saturated rings. The van der Waals surface area contributed by atoms with Crippen molar-refractivity contribution in [1.29, 1.82) is 0 Å². The molecule has 6 nitrogen and oxygen atoms in total. The Kier molecular flexibility index (Phi) is 5.15. The van der Waals surface area contributed by atoms with Crippen molar-refractivity contribution < 1.29 is 22.7 Å². The van der Waals surface area contributed by atoms with Crippen LogP contribution in [-0.2, 0) is 23.0 Å². The molecule has 0 bridgehead atoms.